The van der Waals surface area contributed by atoms with Gasteiger partial charge in [0.2, 0.25) is 10.0 Å². The lowest BCUT2D eigenvalue weighted by atomic mass is 10.1. The lowest BCUT2D eigenvalue weighted by Crippen LogP contribution is -2.30. The molecule has 1 aromatic rings. The lowest BCUT2D eigenvalue weighted by Gasteiger charge is -2.20. The Hall–Kier alpha value is -1.11. The van der Waals surface area contributed by atoms with Crippen LogP contribution in [-0.4, -0.2) is 46.0 Å². The lowest BCUT2D eigenvalue weighted by molar-refractivity contribution is 0.288. The van der Waals surface area contributed by atoms with Gasteiger partial charge in [0.1, 0.15) is 5.75 Å². The third-order valence-corrected chi connectivity index (χ3v) is 6.12. The van der Waals surface area contributed by atoms with Gasteiger partial charge >= 0.3 is 0 Å². The van der Waals surface area contributed by atoms with Crippen molar-refractivity contribution in [3.8, 4) is 5.75 Å². The fraction of sp³-hybridized carbons (Fsp3) is 0.600. The minimum atomic E-state index is -3.37. The molecule has 6 heteroatoms. The molecule has 1 unspecified atom stereocenters. The highest BCUT2D eigenvalue weighted by molar-refractivity contribution is 7.89. The molecule has 21 heavy (non-hydrogen) atoms. The predicted molar refractivity (Wildman–Crippen MR) is 81.1 cm³/mol. The van der Waals surface area contributed by atoms with Gasteiger partial charge in [0.05, 0.1) is 11.5 Å². The van der Waals surface area contributed by atoms with Crippen molar-refractivity contribution < 1.29 is 13.2 Å². The number of aryl methyl sites for hydroxylation is 1. The van der Waals surface area contributed by atoms with Crippen LogP contribution in [0.3, 0.4) is 0 Å². The second kappa shape index (κ2) is 5.94. The molecule has 0 spiro atoms. The maximum Gasteiger partial charge on any atom is 0.243 e. The molecule has 0 radical (unpaired) electrons. The van der Waals surface area contributed by atoms with E-state index in [-0.39, 0.29) is 0 Å². The van der Waals surface area contributed by atoms with E-state index >= 15 is 0 Å². The van der Waals surface area contributed by atoms with Crippen LogP contribution in [0.15, 0.2) is 23.1 Å². The predicted octanol–water partition coefficient (Wildman–Crippen LogP) is 1.24. The molecule has 0 amide bonds. The number of fused-ring (bicyclic) bond motifs is 1. The number of hydrogen-bond donors (Lipinski definition) is 1. The van der Waals surface area contributed by atoms with E-state index in [9.17, 15) is 8.42 Å². The number of sulfonamides is 1. The van der Waals surface area contributed by atoms with Crippen LogP contribution in [0.5, 0.6) is 5.75 Å². The largest absolute Gasteiger partial charge is 0.493 e. The van der Waals surface area contributed by atoms with Crippen LogP contribution in [0.1, 0.15) is 18.4 Å². The Morgan fingerprint density at radius 2 is 2.29 bits per heavy atom. The summed E-state index contributed by atoms with van der Waals surface area (Å²) in [5, 5.41) is 3.12. The van der Waals surface area contributed by atoms with Crippen molar-refractivity contribution in [3.05, 3.63) is 23.8 Å². The topological polar surface area (TPSA) is 58.6 Å². The monoisotopic (exact) mass is 310 g/mol. The van der Waals surface area contributed by atoms with Crippen LogP contribution in [-0.2, 0) is 16.4 Å². The first-order valence-corrected chi connectivity index (χ1v) is 8.96. The van der Waals surface area contributed by atoms with E-state index in [1.807, 2.05) is 7.05 Å². The molecule has 1 fully saturated rings. The summed E-state index contributed by atoms with van der Waals surface area (Å²) < 4.78 is 32.6. The minimum Gasteiger partial charge on any atom is -0.493 e. The molecule has 116 valence electrons. The van der Waals surface area contributed by atoms with Crippen LogP contribution in [0.4, 0.5) is 0 Å². The summed E-state index contributed by atoms with van der Waals surface area (Å²) in [6.45, 7) is 2.81. The van der Waals surface area contributed by atoms with Crippen molar-refractivity contribution in [1.82, 2.24) is 9.62 Å². The fourth-order valence-corrected chi connectivity index (χ4v) is 4.70. The second-order valence-corrected chi connectivity index (χ2v) is 7.73. The molecule has 1 saturated heterocycles. The van der Waals surface area contributed by atoms with Gasteiger partial charge in [-0.15, -0.1) is 0 Å². The summed E-state index contributed by atoms with van der Waals surface area (Å²) in [6, 6.07) is 5.25. The van der Waals surface area contributed by atoms with Crippen molar-refractivity contribution in [1.29, 1.82) is 0 Å². The number of benzene rings is 1. The van der Waals surface area contributed by atoms with Crippen molar-refractivity contribution >= 4 is 10.0 Å². The maximum atomic E-state index is 12.7. The molecule has 5 nitrogen and oxygen atoms in total. The van der Waals surface area contributed by atoms with Gasteiger partial charge in [-0.1, -0.05) is 0 Å². The van der Waals surface area contributed by atoms with E-state index in [0.29, 0.717) is 23.9 Å². The number of nitrogens with zero attached hydrogens (tertiary/aromatic N) is 1. The highest BCUT2D eigenvalue weighted by Crippen LogP contribution is 2.30. The van der Waals surface area contributed by atoms with Crippen LogP contribution in [0.2, 0.25) is 0 Å². The van der Waals surface area contributed by atoms with E-state index in [1.54, 1.807) is 22.5 Å². The van der Waals surface area contributed by atoms with Crippen molar-refractivity contribution in [2.75, 3.05) is 33.3 Å². The number of hydrogen-bond acceptors (Lipinski definition) is 4. The van der Waals surface area contributed by atoms with Crippen molar-refractivity contribution in [3.63, 3.8) is 0 Å². The van der Waals surface area contributed by atoms with Gasteiger partial charge in [-0.3, -0.25) is 0 Å². The Morgan fingerprint density at radius 1 is 1.43 bits per heavy atom. The molecule has 0 aromatic heterocycles. The number of ether oxygens (including phenoxy) is 1. The van der Waals surface area contributed by atoms with Gasteiger partial charge in [0.15, 0.2) is 0 Å². The summed E-state index contributed by atoms with van der Waals surface area (Å²) in [5.74, 6) is 1.24. The molecule has 1 atom stereocenters. The van der Waals surface area contributed by atoms with E-state index in [4.69, 9.17) is 4.74 Å². The molecule has 1 aromatic carbocycles. The van der Waals surface area contributed by atoms with Gasteiger partial charge in [0.25, 0.3) is 0 Å². The second-order valence-electron chi connectivity index (χ2n) is 5.80. The Labute approximate surface area is 126 Å². The SMILES string of the molecule is CNCC1CCN(S(=O)(=O)c2ccc3c(c2)CCCO3)C1. The van der Waals surface area contributed by atoms with Crippen molar-refractivity contribution in [2.24, 2.45) is 5.92 Å². The first kappa shape index (κ1) is 14.8. The molecular weight excluding hydrogens is 288 g/mol. The third-order valence-electron chi connectivity index (χ3n) is 4.26. The van der Waals surface area contributed by atoms with Gasteiger partial charge in [0, 0.05) is 13.1 Å². The number of nitrogens with one attached hydrogen (secondary N) is 1. The summed E-state index contributed by atoms with van der Waals surface area (Å²) in [4.78, 5) is 0.400. The highest BCUT2D eigenvalue weighted by Gasteiger charge is 2.32. The summed E-state index contributed by atoms with van der Waals surface area (Å²) in [5.41, 5.74) is 1.01. The molecular formula is C15H22N2O3S. The molecule has 3 rings (SSSR count). The molecule has 0 saturated carbocycles. The summed E-state index contributed by atoms with van der Waals surface area (Å²) in [7, 11) is -1.47. The zero-order valence-corrected chi connectivity index (χ0v) is 13.2. The molecule has 0 bridgehead atoms. The Balaban J connectivity index is 1.82. The van der Waals surface area contributed by atoms with E-state index in [0.717, 1.165) is 43.7 Å². The quantitative estimate of drug-likeness (QED) is 0.909. The van der Waals surface area contributed by atoms with Crippen LogP contribution < -0.4 is 10.1 Å². The van der Waals surface area contributed by atoms with E-state index in [1.165, 1.54) is 0 Å². The van der Waals surface area contributed by atoms with Gasteiger partial charge in [-0.25, -0.2) is 8.42 Å². The van der Waals surface area contributed by atoms with Gasteiger partial charge in [-0.05, 0) is 62.5 Å². The molecule has 2 heterocycles. The molecule has 0 aliphatic carbocycles. The highest BCUT2D eigenvalue weighted by atomic mass is 32.2. The summed E-state index contributed by atoms with van der Waals surface area (Å²) >= 11 is 0. The normalized spacial score (nSPS) is 22.8. The maximum absolute atomic E-state index is 12.7. The Kier molecular flexibility index (Phi) is 4.19. The average Bonchev–Trinajstić information content (AvgIpc) is 2.96. The van der Waals surface area contributed by atoms with Crippen LogP contribution in [0, 0.1) is 5.92 Å². The Morgan fingerprint density at radius 3 is 3.10 bits per heavy atom. The van der Waals surface area contributed by atoms with E-state index in [2.05, 4.69) is 5.32 Å². The van der Waals surface area contributed by atoms with E-state index < -0.39 is 10.0 Å². The molecule has 2 aliphatic rings. The van der Waals surface area contributed by atoms with Crippen LogP contribution >= 0.6 is 0 Å². The smallest absolute Gasteiger partial charge is 0.243 e. The molecule has 1 N–H and O–H groups in total. The standard InChI is InChI=1S/C15H22N2O3S/c1-16-10-12-6-7-17(11-12)21(18,19)14-4-5-15-13(9-14)3-2-8-20-15/h4-5,9,12,16H,2-3,6-8,10-11H2,1H3. The fourth-order valence-electron chi connectivity index (χ4n) is 3.12. The van der Waals surface area contributed by atoms with Crippen molar-refractivity contribution in [2.45, 2.75) is 24.2 Å². The zero-order valence-electron chi connectivity index (χ0n) is 12.3. The summed E-state index contributed by atoms with van der Waals surface area (Å²) in [6.07, 6.45) is 2.76. The Bertz CT molecular complexity index is 615. The minimum absolute atomic E-state index is 0.400. The average molecular weight is 310 g/mol. The first-order valence-electron chi connectivity index (χ1n) is 7.52. The van der Waals surface area contributed by atoms with Crippen LogP contribution in [0.25, 0.3) is 0 Å². The van der Waals surface area contributed by atoms with Gasteiger partial charge < -0.3 is 10.1 Å². The third kappa shape index (κ3) is 2.93. The number of rotatable bonds is 4. The first-order chi connectivity index (χ1) is 10.1. The molecule has 2 aliphatic heterocycles. The zero-order chi connectivity index (χ0) is 14.9. The van der Waals surface area contributed by atoms with Gasteiger partial charge in [-0.2, -0.15) is 4.31 Å².